The van der Waals surface area contributed by atoms with Gasteiger partial charge in [-0.15, -0.1) is 0 Å². The van der Waals surface area contributed by atoms with E-state index in [9.17, 15) is 9.59 Å². The van der Waals surface area contributed by atoms with Gasteiger partial charge >= 0.3 is 6.09 Å². The Morgan fingerprint density at radius 2 is 1.86 bits per heavy atom. The molecule has 4 rings (SSSR count). The lowest BCUT2D eigenvalue weighted by Crippen LogP contribution is -2.57. The zero-order valence-electron chi connectivity index (χ0n) is 23.2. The second kappa shape index (κ2) is 11.1. The maximum atomic E-state index is 14.0. The number of rotatable bonds is 9. The van der Waals surface area contributed by atoms with E-state index in [1.807, 2.05) is 44.0 Å². The summed E-state index contributed by atoms with van der Waals surface area (Å²) in [6.07, 6.45) is 4.05. The van der Waals surface area contributed by atoms with Crippen LogP contribution in [0.1, 0.15) is 78.2 Å². The Balaban J connectivity index is 1.56. The van der Waals surface area contributed by atoms with Gasteiger partial charge in [-0.25, -0.2) is 9.80 Å². The van der Waals surface area contributed by atoms with E-state index in [2.05, 4.69) is 24.2 Å². The molecule has 37 heavy (non-hydrogen) atoms. The van der Waals surface area contributed by atoms with Crippen molar-refractivity contribution in [3.05, 3.63) is 23.8 Å². The van der Waals surface area contributed by atoms with E-state index in [-0.39, 0.29) is 42.7 Å². The van der Waals surface area contributed by atoms with Crippen molar-refractivity contribution in [3.63, 3.8) is 0 Å². The second-order valence-corrected chi connectivity index (χ2v) is 11.3. The summed E-state index contributed by atoms with van der Waals surface area (Å²) in [5.74, 6) is 0.939. The number of methoxy groups -OCH3 is 1. The molecule has 9 nitrogen and oxygen atoms in total. The van der Waals surface area contributed by atoms with Crippen molar-refractivity contribution in [1.82, 2.24) is 15.3 Å². The Hall–Kier alpha value is -2.52. The molecule has 206 valence electrons. The molecule has 1 N–H and O–H groups in total. The summed E-state index contributed by atoms with van der Waals surface area (Å²) in [6, 6.07) is 5.94. The maximum Gasteiger partial charge on any atom is 0.407 e. The predicted octanol–water partition coefficient (Wildman–Crippen LogP) is 4.46. The number of carbonyl (C=O) groups is 2. The van der Waals surface area contributed by atoms with Crippen LogP contribution < -0.4 is 14.8 Å². The molecule has 0 unspecified atom stereocenters. The lowest BCUT2D eigenvalue weighted by Gasteiger charge is -2.44. The Morgan fingerprint density at radius 3 is 2.54 bits per heavy atom. The van der Waals surface area contributed by atoms with Gasteiger partial charge in [-0.2, -0.15) is 0 Å². The third kappa shape index (κ3) is 5.67. The fourth-order valence-corrected chi connectivity index (χ4v) is 6.18. The van der Waals surface area contributed by atoms with Crippen LogP contribution in [0, 0.1) is 5.92 Å². The summed E-state index contributed by atoms with van der Waals surface area (Å²) in [4.78, 5) is 26.5. The van der Waals surface area contributed by atoms with Crippen LogP contribution in [0.2, 0.25) is 0 Å². The SMILES string of the molecule is CCC(CC)(OC)[C@@H]1CCCN1N1CC[C@H]([C@@H](CNC(=O)OC(C)(C)C)c2ccc3c(c2)OCO3)C1=O. The minimum absolute atomic E-state index is 0.0952. The zero-order valence-corrected chi connectivity index (χ0v) is 23.2. The fourth-order valence-electron chi connectivity index (χ4n) is 6.18. The number of ether oxygens (including phenoxy) is 4. The number of fused-ring (bicyclic) bond motifs is 1. The highest BCUT2D eigenvalue weighted by Gasteiger charge is 2.49. The van der Waals surface area contributed by atoms with E-state index >= 15 is 0 Å². The zero-order chi connectivity index (χ0) is 26.8. The first-order valence-corrected chi connectivity index (χ1v) is 13.6. The number of amides is 2. The van der Waals surface area contributed by atoms with Gasteiger partial charge in [0.25, 0.3) is 0 Å². The van der Waals surface area contributed by atoms with Crippen LogP contribution in [0.15, 0.2) is 18.2 Å². The van der Waals surface area contributed by atoms with Gasteiger partial charge in [0, 0.05) is 38.6 Å². The summed E-state index contributed by atoms with van der Waals surface area (Å²) in [6.45, 7) is 11.8. The van der Waals surface area contributed by atoms with E-state index in [0.717, 1.165) is 37.8 Å². The monoisotopic (exact) mass is 517 g/mol. The molecule has 0 aliphatic carbocycles. The van der Waals surface area contributed by atoms with Crippen LogP contribution >= 0.6 is 0 Å². The van der Waals surface area contributed by atoms with Gasteiger partial charge in [0.2, 0.25) is 12.7 Å². The van der Waals surface area contributed by atoms with Gasteiger partial charge in [0.15, 0.2) is 11.5 Å². The van der Waals surface area contributed by atoms with Crippen molar-refractivity contribution in [2.75, 3.05) is 33.5 Å². The van der Waals surface area contributed by atoms with Crippen LogP contribution in [0.4, 0.5) is 4.79 Å². The summed E-state index contributed by atoms with van der Waals surface area (Å²) in [5.41, 5.74) is 0.0612. The average molecular weight is 518 g/mol. The normalized spacial score (nSPS) is 23.0. The Labute approximate surface area is 220 Å². The molecule has 1 aromatic rings. The smallest absolute Gasteiger partial charge is 0.407 e. The quantitative estimate of drug-likeness (QED) is 0.517. The highest BCUT2D eigenvalue weighted by Crippen LogP contribution is 2.42. The molecule has 2 saturated heterocycles. The average Bonchev–Trinajstić information content (AvgIpc) is 3.60. The predicted molar refractivity (Wildman–Crippen MR) is 139 cm³/mol. The number of nitrogens with one attached hydrogen (secondary N) is 1. The van der Waals surface area contributed by atoms with Crippen molar-refractivity contribution >= 4 is 12.0 Å². The van der Waals surface area contributed by atoms with Crippen LogP contribution in [0.5, 0.6) is 11.5 Å². The molecule has 3 aliphatic rings. The first-order chi connectivity index (χ1) is 17.6. The molecule has 3 heterocycles. The van der Waals surface area contributed by atoms with E-state index in [1.165, 1.54) is 0 Å². The third-order valence-electron chi connectivity index (χ3n) is 8.14. The molecule has 3 atom stereocenters. The number of alkyl carbamates (subject to hydrolysis) is 1. The van der Waals surface area contributed by atoms with Crippen molar-refractivity contribution in [1.29, 1.82) is 0 Å². The molecular formula is C28H43N3O6. The highest BCUT2D eigenvalue weighted by molar-refractivity contribution is 5.82. The Morgan fingerprint density at radius 1 is 1.14 bits per heavy atom. The van der Waals surface area contributed by atoms with E-state index in [4.69, 9.17) is 18.9 Å². The van der Waals surface area contributed by atoms with Crippen molar-refractivity contribution in [3.8, 4) is 11.5 Å². The molecule has 2 amide bonds. The topological polar surface area (TPSA) is 89.6 Å². The third-order valence-corrected chi connectivity index (χ3v) is 8.14. The summed E-state index contributed by atoms with van der Waals surface area (Å²) >= 11 is 0. The summed E-state index contributed by atoms with van der Waals surface area (Å²) in [5, 5.41) is 7.12. The molecule has 0 saturated carbocycles. The van der Waals surface area contributed by atoms with Gasteiger partial charge in [-0.1, -0.05) is 19.9 Å². The van der Waals surface area contributed by atoms with E-state index in [0.29, 0.717) is 24.5 Å². The minimum atomic E-state index is -0.602. The van der Waals surface area contributed by atoms with Crippen LogP contribution in [0.3, 0.4) is 0 Å². The molecule has 3 aliphatic heterocycles. The molecule has 0 aromatic heterocycles. The standard InChI is InChI=1S/C28H43N3O6/c1-7-28(8-2,34-6)24-10-9-14-30(24)31-15-13-20(25(31)32)21(17-29-26(33)37-27(3,4)5)19-11-12-22-23(16-19)36-18-35-22/h11-12,16,20-21,24H,7-10,13-15,17-18H2,1-6H3,(H,29,33)/t20-,21+,24+/m1/s1. The van der Waals surface area contributed by atoms with Gasteiger partial charge in [-0.05, 0) is 70.6 Å². The van der Waals surface area contributed by atoms with Gasteiger partial charge in [0.1, 0.15) is 5.60 Å². The lowest BCUT2D eigenvalue weighted by molar-refractivity contribution is -0.162. The molecule has 1 aromatic carbocycles. The first-order valence-electron chi connectivity index (χ1n) is 13.6. The van der Waals surface area contributed by atoms with Crippen molar-refractivity contribution < 1.29 is 28.5 Å². The van der Waals surface area contributed by atoms with Crippen LogP contribution in [-0.4, -0.2) is 72.8 Å². The van der Waals surface area contributed by atoms with Gasteiger partial charge in [0.05, 0.1) is 11.6 Å². The van der Waals surface area contributed by atoms with Crippen LogP contribution in [-0.2, 0) is 14.3 Å². The summed E-state index contributed by atoms with van der Waals surface area (Å²) < 4.78 is 22.6. The van der Waals surface area contributed by atoms with Gasteiger partial charge < -0.3 is 24.3 Å². The maximum absolute atomic E-state index is 14.0. The minimum Gasteiger partial charge on any atom is -0.454 e. The molecule has 0 bridgehead atoms. The fraction of sp³-hybridized carbons (Fsp3) is 0.714. The van der Waals surface area contributed by atoms with Crippen molar-refractivity contribution in [2.24, 2.45) is 5.92 Å². The number of hydrogen-bond donors (Lipinski definition) is 1. The molecule has 9 heteroatoms. The second-order valence-electron chi connectivity index (χ2n) is 11.3. The first kappa shape index (κ1) is 27.5. The Bertz CT molecular complexity index is 965. The molecule has 0 spiro atoms. The highest BCUT2D eigenvalue weighted by atomic mass is 16.7. The van der Waals surface area contributed by atoms with Crippen LogP contribution in [0.25, 0.3) is 0 Å². The number of carbonyl (C=O) groups excluding carboxylic acids is 2. The van der Waals surface area contributed by atoms with Crippen molar-refractivity contribution in [2.45, 2.75) is 89.9 Å². The molecular weight excluding hydrogens is 474 g/mol. The lowest BCUT2D eigenvalue weighted by atomic mass is 9.84. The van der Waals surface area contributed by atoms with E-state index < -0.39 is 11.7 Å². The molecule has 0 radical (unpaired) electrons. The molecule has 2 fully saturated rings. The largest absolute Gasteiger partial charge is 0.454 e. The number of hydrazine groups is 1. The number of benzene rings is 1. The van der Waals surface area contributed by atoms with E-state index in [1.54, 1.807) is 7.11 Å². The summed E-state index contributed by atoms with van der Waals surface area (Å²) in [7, 11) is 1.79. The van der Waals surface area contributed by atoms with Gasteiger partial charge in [-0.3, -0.25) is 9.80 Å². The number of hydrogen-bond acceptors (Lipinski definition) is 7. The Kier molecular flexibility index (Phi) is 8.23. The number of nitrogens with zero attached hydrogens (tertiary/aromatic N) is 2.